The highest BCUT2D eigenvalue weighted by Gasteiger charge is 2.28. The Labute approximate surface area is 146 Å². The number of piperazine rings is 1. The highest BCUT2D eigenvalue weighted by molar-refractivity contribution is 6.31. The zero-order valence-corrected chi connectivity index (χ0v) is 14.8. The Bertz CT molecular complexity index is 844. The van der Waals surface area contributed by atoms with E-state index in [1.54, 1.807) is 0 Å². The van der Waals surface area contributed by atoms with Crippen molar-refractivity contribution in [2.24, 2.45) is 7.05 Å². The van der Waals surface area contributed by atoms with Crippen LogP contribution in [0.25, 0.3) is 10.9 Å². The predicted octanol–water partition coefficient (Wildman–Crippen LogP) is 2.89. The fourth-order valence-corrected chi connectivity index (χ4v) is 3.77. The van der Waals surface area contributed by atoms with Gasteiger partial charge in [0.2, 0.25) is 0 Å². The van der Waals surface area contributed by atoms with Crippen molar-refractivity contribution in [3.63, 3.8) is 0 Å². The number of benzene rings is 1. The van der Waals surface area contributed by atoms with Gasteiger partial charge in [0, 0.05) is 67.1 Å². The largest absolute Gasteiger partial charge is 0.361 e. The van der Waals surface area contributed by atoms with Crippen LogP contribution in [0.3, 0.4) is 0 Å². The molecule has 1 saturated heterocycles. The van der Waals surface area contributed by atoms with Crippen LogP contribution < -0.4 is 0 Å². The van der Waals surface area contributed by atoms with E-state index in [-0.39, 0.29) is 6.04 Å². The maximum absolute atomic E-state index is 6.14. The van der Waals surface area contributed by atoms with Crippen molar-refractivity contribution >= 4 is 22.5 Å². The Morgan fingerprint density at radius 2 is 1.96 bits per heavy atom. The zero-order valence-electron chi connectivity index (χ0n) is 14.0. The second kappa shape index (κ2) is 6.24. The van der Waals surface area contributed by atoms with Gasteiger partial charge in [0.1, 0.15) is 0 Å². The molecule has 4 rings (SSSR count). The van der Waals surface area contributed by atoms with Crippen molar-refractivity contribution in [3.05, 3.63) is 52.9 Å². The normalized spacial score (nSPS) is 18.3. The average molecular weight is 344 g/mol. The van der Waals surface area contributed by atoms with Gasteiger partial charge < -0.3 is 9.88 Å². The lowest BCUT2D eigenvalue weighted by atomic mass is 9.98. The lowest BCUT2D eigenvalue weighted by molar-refractivity contribution is 0.128. The van der Waals surface area contributed by atoms with Gasteiger partial charge in [-0.25, -0.2) is 0 Å². The molecule has 2 aromatic heterocycles. The lowest BCUT2D eigenvalue weighted by Gasteiger charge is -2.37. The third kappa shape index (κ3) is 2.83. The monoisotopic (exact) mass is 343 g/mol. The second-order valence-corrected chi connectivity index (χ2v) is 7.06. The third-order valence-corrected chi connectivity index (χ3v) is 5.15. The molecule has 6 heteroatoms. The van der Waals surface area contributed by atoms with Crippen LogP contribution in [0.15, 0.2) is 36.8 Å². The molecule has 1 unspecified atom stereocenters. The predicted molar refractivity (Wildman–Crippen MR) is 97.4 cm³/mol. The number of nitrogens with zero attached hydrogens (tertiary/aromatic N) is 4. The number of aryl methyl sites for hydroxylation is 1. The minimum atomic E-state index is 0.210. The fraction of sp³-hybridized carbons (Fsp3) is 0.389. The summed E-state index contributed by atoms with van der Waals surface area (Å²) in [6.45, 7) is 4.28. The van der Waals surface area contributed by atoms with E-state index in [4.69, 9.17) is 11.6 Å². The van der Waals surface area contributed by atoms with Gasteiger partial charge in [-0.2, -0.15) is 5.10 Å². The Balaban J connectivity index is 1.79. The second-order valence-electron chi connectivity index (χ2n) is 6.62. The number of likely N-dealkylation sites (N-methyl/N-ethyl adjacent to an activating group) is 1. The van der Waals surface area contributed by atoms with E-state index in [9.17, 15) is 0 Å². The Morgan fingerprint density at radius 3 is 2.67 bits per heavy atom. The van der Waals surface area contributed by atoms with E-state index in [1.165, 1.54) is 16.5 Å². The molecule has 5 nitrogen and oxygen atoms in total. The highest BCUT2D eigenvalue weighted by atomic mass is 35.5. The summed E-state index contributed by atoms with van der Waals surface area (Å²) >= 11 is 6.14. The van der Waals surface area contributed by atoms with Crippen LogP contribution in [-0.4, -0.2) is 57.8 Å². The number of nitrogens with one attached hydrogen (secondary N) is 1. The van der Waals surface area contributed by atoms with Gasteiger partial charge in [0.25, 0.3) is 0 Å². The Kier molecular flexibility index (Phi) is 4.08. The van der Waals surface area contributed by atoms with Crippen LogP contribution in [0.1, 0.15) is 17.2 Å². The maximum atomic E-state index is 6.14. The van der Waals surface area contributed by atoms with Crippen LogP contribution in [0.4, 0.5) is 0 Å². The molecule has 3 heterocycles. The molecule has 0 aliphatic carbocycles. The van der Waals surface area contributed by atoms with E-state index in [0.29, 0.717) is 0 Å². The molecule has 24 heavy (non-hydrogen) atoms. The van der Waals surface area contributed by atoms with E-state index in [1.807, 2.05) is 30.1 Å². The van der Waals surface area contributed by atoms with Crippen molar-refractivity contribution in [1.82, 2.24) is 24.6 Å². The zero-order chi connectivity index (χ0) is 16.7. The molecular weight excluding hydrogens is 322 g/mol. The maximum Gasteiger partial charge on any atom is 0.0654 e. The number of hydrogen-bond acceptors (Lipinski definition) is 3. The molecular formula is C18H22ClN5. The summed E-state index contributed by atoms with van der Waals surface area (Å²) in [5, 5.41) is 6.39. The molecule has 3 aromatic rings. The number of aromatic amines is 1. The molecule has 0 radical (unpaired) electrons. The molecule has 1 aliphatic rings. The Hall–Kier alpha value is -1.82. The molecule has 0 amide bonds. The quantitative estimate of drug-likeness (QED) is 0.795. The number of hydrogen-bond donors (Lipinski definition) is 1. The first-order chi connectivity index (χ1) is 11.6. The van der Waals surface area contributed by atoms with Gasteiger partial charge in [-0.1, -0.05) is 17.7 Å². The molecule has 126 valence electrons. The van der Waals surface area contributed by atoms with Gasteiger partial charge in [-0.3, -0.25) is 9.58 Å². The molecule has 1 atom stereocenters. The summed E-state index contributed by atoms with van der Waals surface area (Å²) in [4.78, 5) is 8.32. The summed E-state index contributed by atoms with van der Waals surface area (Å²) in [5.41, 5.74) is 3.61. The van der Waals surface area contributed by atoms with Crippen molar-refractivity contribution in [1.29, 1.82) is 0 Å². The molecule has 0 saturated carbocycles. The summed E-state index contributed by atoms with van der Waals surface area (Å²) in [6.07, 6.45) is 6.23. The van der Waals surface area contributed by atoms with Gasteiger partial charge in [0.15, 0.2) is 0 Å². The SMILES string of the molecule is CN1CCN(C(c2cnn(C)c2)c2c[nH]c3cc(Cl)ccc23)CC1. The van der Waals surface area contributed by atoms with Crippen LogP contribution in [-0.2, 0) is 7.05 Å². The van der Waals surface area contributed by atoms with Crippen molar-refractivity contribution in [2.45, 2.75) is 6.04 Å². The number of H-pyrrole nitrogens is 1. The van der Waals surface area contributed by atoms with Gasteiger partial charge >= 0.3 is 0 Å². The van der Waals surface area contributed by atoms with Crippen LogP contribution >= 0.6 is 11.6 Å². The molecule has 0 spiro atoms. The summed E-state index contributed by atoms with van der Waals surface area (Å²) < 4.78 is 1.88. The number of halogens is 1. The van der Waals surface area contributed by atoms with E-state index in [2.05, 4.69) is 45.4 Å². The number of fused-ring (bicyclic) bond motifs is 1. The van der Waals surface area contributed by atoms with E-state index >= 15 is 0 Å². The van der Waals surface area contributed by atoms with E-state index < -0.39 is 0 Å². The lowest BCUT2D eigenvalue weighted by Crippen LogP contribution is -2.46. The van der Waals surface area contributed by atoms with Crippen LogP contribution in [0, 0.1) is 0 Å². The van der Waals surface area contributed by atoms with Crippen LogP contribution in [0.5, 0.6) is 0 Å². The standard InChI is InChI=1S/C18H22ClN5/c1-22-5-7-24(8-6-22)18(13-10-21-23(2)12-13)16-11-20-17-9-14(19)3-4-15(16)17/h3-4,9-12,18,20H,5-8H2,1-2H3. The first kappa shape index (κ1) is 15.7. The minimum absolute atomic E-state index is 0.210. The van der Waals surface area contributed by atoms with Gasteiger partial charge in [-0.05, 0) is 24.7 Å². The molecule has 1 aromatic carbocycles. The topological polar surface area (TPSA) is 40.1 Å². The number of aromatic nitrogens is 3. The Morgan fingerprint density at radius 1 is 1.17 bits per heavy atom. The van der Waals surface area contributed by atoms with Crippen molar-refractivity contribution in [2.75, 3.05) is 33.2 Å². The molecule has 1 aliphatic heterocycles. The third-order valence-electron chi connectivity index (χ3n) is 4.91. The highest BCUT2D eigenvalue weighted by Crippen LogP contribution is 2.34. The first-order valence-electron chi connectivity index (χ1n) is 8.29. The van der Waals surface area contributed by atoms with E-state index in [0.717, 1.165) is 36.7 Å². The smallest absolute Gasteiger partial charge is 0.0654 e. The van der Waals surface area contributed by atoms with Crippen LogP contribution in [0.2, 0.25) is 5.02 Å². The summed E-state index contributed by atoms with van der Waals surface area (Å²) in [5.74, 6) is 0. The fourth-order valence-electron chi connectivity index (χ4n) is 3.60. The summed E-state index contributed by atoms with van der Waals surface area (Å²) in [7, 11) is 4.16. The molecule has 1 fully saturated rings. The first-order valence-corrected chi connectivity index (χ1v) is 8.67. The minimum Gasteiger partial charge on any atom is -0.361 e. The summed E-state index contributed by atoms with van der Waals surface area (Å²) in [6, 6.07) is 6.28. The van der Waals surface area contributed by atoms with Gasteiger partial charge in [-0.15, -0.1) is 0 Å². The van der Waals surface area contributed by atoms with Crippen molar-refractivity contribution < 1.29 is 0 Å². The van der Waals surface area contributed by atoms with Gasteiger partial charge in [0.05, 0.1) is 12.2 Å². The average Bonchev–Trinajstić information content (AvgIpc) is 3.16. The van der Waals surface area contributed by atoms with Crippen molar-refractivity contribution in [3.8, 4) is 0 Å². The molecule has 1 N–H and O–H groups in total. The number of rotatable bonds is 3. The molecule has 0 bridgehead atoms.